The third kappa shape index (κ3) is 3.63. The summed E-state index contributed by atoms with van der Waals surface area (Å²) in [4.78, 5) is 17.6. The number of nitrogens with one attached hydrogen (secondary N) is 1. The molecule has 1 aliphatic rings. The van der Waals surface area contributed by atoms with Crippen LogP contribution < -0.4 is 15.0 Å². The predicted octanol–water partition coefficient (Wildman–Crippen LogP) is 2.20. The van der Waals surface area contributed by atoms with Crippen LogP contribution in [0.3, 0.4) is 0 Å². The highest BCUT2D eigenvalue weighted by Gasteiger charge is 2.24. The molecule has 0 saturated heterocycles. The van der Waals surface area contributed by atoms with E-state index in [0.29, 0.717) is 22.5 Å². The second-order valence-corrected chi connectivity index (χ2v) is 6.17. The fourth-order valence-corrected chi connectivity index (χ4v) is 2.91. The Labute approximate surface area is 154 Å². The quantitative estimate of drug-likeness (QED) is 0.854. The number of halogens is 2. The minimum Gasteiger partial charge on any atom is -0.444 e. The van der Waals surface area contributed by atoms with E-state index in [-0.39, 0.29) is 23.4 Å². The molecule has 0 radical (unpaired) electrons. The fraction of sp³-hybridized carbons (Fsp3) is 0.222. The monoisotopic (exact) mass is 377 g/mol. The zero-order valence-electron chi connectivity index (χ0n) is 14.2. The van der Waals surface area contributed by atoms with E-state index in [4.69, 9.17) is 16.3 Å². The highest BCUT2D eigenvalue weighted by atomic mass is 35.5. The number of nitrogens with zero attached hydrogens (tertiary/aromatic N) is 2. The van der Waals surface area contributed by atoms with Crippen molar-refractivity contribution in [2.75, 3.05) is 25.5 Å². The highest BCUT2D eigenvalue weighted by molar-refractivity contribution is 6.32. The van der Waals surface area contributed by atoms with Crippen LogP contribution in [0, 0.1) is 5.82 Å². The number of hydrogen-bond donors (Lipinski definition) is 2. The molecule has 1 atom stereocenters. The summed E-state index contributed by atoms with van der Waals surface area (Å²) >= 11 is 6.16. The van der Waals surface area contributed by atoms with Gasteiger partial charge in [0.25, 0.3) is 0 Å². The number of amides is 1. The molecule has 8 heteroatoms. The number of rotatable bonds is 4. The number of hydrogen-bond acceptors (Lipinski definition) is 5. The van der Waals surface area contributed by atoms with Crippen molar-refractivity contribution in [1.29, 1.82) is 0 Å². The van der Waals surface area contributed by atoms with Crippen molar-refractivity contribution in [3.8, 4) is 5.88 Å². The Morgan fingerprint density at radius 1 is 1.38 bits per heavy atom. The number of benzene rings is 1. The smallest absolute Gasteiger partial charge is 0.239 e. The third-order valence-electron chi connectivity index (χ3n) is 3.95. The van der Waals surface area contributed by atoms with Crippen molar-refractivity contribution in [3.05, 3.63) is 58.4 Å². The fourth-order valence-electron chi connectivity index (χ4n) is 2.64. The molecule has 1 aromatic heterocycles. The molecule has 1 aromatic carbocycles. The van der Waals surface area contributed by atoms with Gasteiger partial charge in [-0.3, -0.25) is 4.79 Å². The SMILES string of the molecule is CNC(=O)CN(C)c1ccc2c(n1)OC(O)C=C2c1ccc(F)cc1Cl. The zero-order valence-corrected chi connectivity index (χ0v) is 14.9. The Balaban J connectivity index is 1.99. The normalized spacial score (nSPS) is 15.6. The summed E-state index contributed by atoms with van der Waals surface area (Å²) in [6.07, 6.45) is 0.266. The van der Waals surface area contributed by atoms with Crippen LogP contribution in [0.2, 0.25) is 5.02 Å². The van der Waals surface area contributed by atoms with Crippen molar-refractivity contribution in [1.82, 2.24) is 10.3 Å². The van der Waals surface area contributed by atoms with Gasteiger partial charge in [-0.25, -0.2) is 4.39 Å². The molecule has 1 amide bonds. The maximum atomic E-state index is 13.3. The molecule has 26 heavy (non-hydrogen) atoms. The van der Waals surface area contributed by atoms with Gasteiger partial charge in [-0.1, -0.05) is 11.6 Å². The molecule has 136 valence electrons. The Bertz CT molecular complexity index is 888. The van der Waals surface area contributed by atoms with Crippen molar-refractivity contribution in [2.45, 2.75) is 6.29 Å². The first kappa shape index (κ1) is 18.2. The number of fused-ring (bicyclic) bond motifs is 1. The van der Waals surface area contributed by atoms with Crippen LogP contribution in [0.15, 0.2) is 36.4 Å². The van der Waals surface area contributed by atoms with Gasteiger partial charge in [0.2, 0.25) is 18.1 Å². The first-order valence-corrected chi connectivity index (χ1v) is 8.22. The van der Waals surface area contributed by atoms with Crippen LogP contribution in [-0.2, 0) is 4.79 Å². The molecule has 2 aromatic rings. The van der Waals surface area contributed by atoms with E-state index >= 15 is 0 Å². The summed E-state index contributed by atoms with van der Waals surface area (Å²) < 4.78 is 18.7. The summed E-state index contributed by atoms with van der Waals surface area (Å²) in [5.41, 5.74) is 1.77. The van der Waals surface area contributed by atoms with Crippen LogP contribution in [0.1, 0.15) is 11.1 Å². The lowest BCUT2D eigenvalue weighted by atomic mass is 9.96. The van der Waals surface area contributed by atoms with Gasteiger partial charge < -0.3 is 20.1 Å². The van der Waals surface area contributed by atoms with E-state index in [9.17, 15) is 14.3 Å². The Morgan fingerprint density at radius 2 is 2.12 bits per heavy atom. The molecular formula is C18H17ClFN3O3. The Kier molecular flexibility index (Phi) is 5.11. The topological polar surface area (TPSA) is 74.7 Å². The molecule has 1 aliphatic heterocycles. The number of aromatic nitrogens is 1. The van der Waals surface area contributed by atoms with E-state index in [0.717, 1.165) is 0 Å². The lowest BCUT2D eigenvalue weighted by Gasteiger charge is -2.24. The number of carbonyl (C=O) groups excluding carboxylic acids is 1. The van der Waals surface area contributed by atoms with E-state index in [2.05, 4.69) is 10.3 Å². The number of ether oxygens (including phenoxy) is 1. The molecule has 2 N–H and O–H groups in total. The molecule has 0 bridgehead atoms. The number of aliphatic hydroxyl groups excluding tert-OH is 1. The number of likely N-dealkylation sites (N-methyl/N-ethyl adjacent to an activating group) is 2. The lowest BCUT2D eigenvalue weighted by molar-refractivity contribution is -0.119. The van der Waals surface area contributed by atoms with Crippen LogP contribution >= 0.6 is 11.6 Å². The standard InChI is InChI=1S/C18H17ClFN3O3/c1-21-16(24)9-23(2)15-6-5-12-13(8-17(25)26-18(12)22-15)11-4-3-10(20)7-14(11)19/h3-8,17,25H,9H2,1-2H3,(H,21,24). The third-order valence-corrected chi connectivity index (χ3v) is 4.26. The molecule has 0 saturated carbocycles. The average Bonchev–Trinajstić information content (AvgIpc) is 2.60. The van der Waals surface area contributed by atoms with Gasteiger partial charge in [-0.05, 0) is 42.0 Å². The van der Waals surface area contributed by atoms with Crippen LogP contribution in [0.4, 0.5) is 10.2 Å². The number of carbonyl (C=O) groups is 1. The predicted molar refractivity (Wildman–Crippen MR) is 96.7 cm³/mol. The summed E-state index contributed by atoms with van der Waals surface area (Å²) in [6, 6.07) is 7.53. The molecule has 6 nitrogen and oxygen atoms in total. The molecule has 2 heterocycles. The second-order valence-electron chi connectivity index (χ2n) is 5.76. The van der Waals surface area contributed by atoms with Gasteiger partial charge >= 0.3 is 0 Å². The Morgan fingerprint density at radius 3 is 2.81 bits per heavy atom. The van der Waals surface area contributed by atoms with Crippen LogP contribution in [0.25, 0.3) is 5.57 Å². The summed E-state index contributed by atoms with van der Waals surface area (Å²) in [5.74, 6) is 0.103. The zero-order chi connectivity index (χ0) is 18.8. The number of pyridine rings is 1. The van der Waals surface area contributed by atoms with E-state index in [1.165, 1.54) is 24.3 Å². The maximum Gasteiger partial charge on any atom is 0.239 e. The summed E-state index contributed by atoms with van der Waals surface area (Å²) in [7, 11) is 3.27. The number of aliphatic hydroxyl groups is 1. The lowest BCUT2D eigenvalue weighted by Crippen LogP contribution is -2.33. The minimum atomic E-state index is -1.22. The van der Waals surface area contributed by atoms with Crippen molar-refractivity contribution < 1.29 is 19.0 Å². The molecule has 1 unspecified atom stereocenters. The Hall–Kier alpha value is -2.64. The van der Waals surface area contributed by atoms with Crippen LogP contribution in [0.5, 0.6) is 5.88 Å². The molecule has 3 rings (SSSR count). The van der Waals surface area contributed by atoms with Gasteiger partial charge in [-0.2, -0.15) is 4.98 Å². The maximum absolute atomic E-state index is 13.3. The van der Waals surface area contributed by atoms with Gasteiger partial charge in [0.1, 0.15) is 11.6 Å². The first-order chi connectivity index (χ1) is 12.4. The molecule has 0 spiro atoms. The summed E-state index contributed by atoms with van der Waals surface area (Å²) in [5, 5.41) is 12.8. The van der Waals surface area contributed by atoms with Crippen molar-refractivity contribution >= 4 is 28.9 Å². The van der Waals surface area contributed by atoms with Gasteiger partial charge in [0, 0.05) is 25.2 Å². The average molecular weight is 378 g/mol. The molecule has 0 fully saturated rings. The second kappa shape index (κ2) is 7.31. The highest BCUT2D eigenvalue weighted by Crippen LogP contribution is 2.38. The van der Waals surface area contributed by atoms with E-state index < -0.39 is 12.1 Å². The van der Waals surface area contributed by atoms with E-state index in [1.54, 1.807) is 31.1 Å². The van der Waals surface area contributed by atoms with Crippen molar-refractivity contribution in [3.63, 3.8) is 0 Å². The minimum absolute atomic E-state index is 0.122. The summed E-state index contributed by atoms with van der Waals surface area (Å²) in [6.45, 7) is 0.122. The van der Waals surface area contributed by atoms with Gasteiger partial charge in [0.15, 0.2) is 0 Å². The molecular weight excluding hydrogens is 361 g/mol. The first-order valence-electron chi connectivity index (χ1n) is 7.84. The van der Waals surface area contributed by atoms with Gasteiger partial charge in [0.05, 0.1) is 11.6 Å². The number of anilines is 1. The van der Waals surface area contributed by atoms with Crippen molar-refractivity contribution in [2.24, 2.45) is 0 Å². The van der Waals surface area contributed by atoms with Gasteiger partial charge in [-0.15, -0.1) is 0 Å². The van der Waals surface area contributed by atoms with Crippen LogP contribution in [-0.4, -0.2) is 42.9 Å². The molecule has 0 aliphatic carbocycles. The largest absolute Gasteiger partial charge is 0.444 e. The van der Waals surface area contributed by atoms with E-state index in [1.807, 2.05) is 0 Å².